The van der Waals surface area contributed by atoms with Gasteiger partial charge in [-0.3, -0.25) is 0 Å². The average molecular weight is 496 g/mol. The molecule has 0 heterocycles. The monoisotopic (exact) mass is 496 g/mol. The van der Waals surface area contributed by atoms with Gasteiger partial charge in [0.1, 0.15) is 0 Å². The number of aliphatic hydroxyl groups excluding tert-OH is 2. The molecule has 0 aromatic heterocycles. The number of alkyl halides is 3. The Morgan fingerprint density at radius 2 is 1.64 bits per heavy atom. The van der Waals surface area contributed by atoms with Gasteiger partial charge in [-0.25, -0.2) is 0 Å². The third-order valence-corrected chi connectivity index (χ3v) is 7.58. The molecule has 6 heteroatoms. The molecule has 0 spiro atoms. The van der Waals surface area contributed by atoms with Gasteiger partial charge in [-0.2, -0.15) is 0 Å². The quantitative estimate of drug-likeness (QED) is 0.321. The average Bonchev–Trinajstić information content (AvgIpc) is 2.00. The minimum atomic E-state index is -0.976. The van der Waals surface area contributed by atoms with Crippen molar-refractivity contribution in [1.82, 2.24) is 0 Å². The highest BCUT2D eigenvalue weighted by molar-refractivity contribution is 14.1. The molecular weight excluding hydrogens is 489 g/mol. The summed E-state index contributed by atoms with van der Waals surface area (Å²) in [6, 6.07) is 0. The van der Waals surface area contributed by atoms with Crippen LogP contribution < -0.4 is 0 Å². The van der Waals surface area contributed by atoms with Gasteiger partial charge in [-0.05, 0) is 0 Å². The van der Waals surface area contributed by atoms with Crippen LogP contribution in [0.25, 0.3) is 0 Å². The molecule has 0 amide bonds. The number of aliphatic hydroxyl groups is 3. The number of hydrogen-bond donors (Lipinski definition) is 3. The molecule has 0 aliphatic heterocycles. The Morgan fingerprint density at radius 1 is 1.18 bits per heavy atom. The van der Waals surface area contributed by atoms with E-state index in [-0.39, 0.29) is 13.6 Å². The fraction of sp³-hybridized carbons (Fsp3) is 0.600. The molecule has 0 aromatic carbocycles. The van der Waals surface area contributed by atoms with Crippen LogP contribution >= 0.6 is 67.8 Å². The van der Waals surface area contributed by atoms with Crippen LogP contribution in [0.5, 0.6) is 0 Å². The Bertz CT molecular complexity index is 155. The van der Waals surface area contributed by atoms with E-state index in [1.165, 1.54) is 0 Å². The van der Waals surface area contributed by atoms with Crippen molar-refractivity contribution in [2.45, 2.75) is 7.85 Å². The first kappa shape index (κ1) is 12.3. The minimum Gasteiger partial charge on any atom is -0.505 e. The largest absolute Gasteiger partial charge is 0.505 e. The highest BCUT2D eigenvalue weighted by atomic mass is 127. The molecule has 0 fully saturated rings. The third kappa shape index (κ3) is 4.20. The fourth-order valence-electron chi connectivity index (χ4n) is 0.373. The summed E-state index contributed by atoms with van der Waals surface area (Å²) in [5.74, 6) is -1.32. The van der Waals surface area contributed by atoms with E-state index in [1.807, 2.05) is 22.6 Å². The maximum absolute atomic E-state index is 9.06. The molecule has 11 heavy (non-hydrogen) atoms. The molecule has 0 aliphatic carbocycles. The van der Waals surface area contributed by atoms with Crippen LogP contribution in [0.1, 0.15) is 0 Å². The van der Waals surface area contributed by atoms with E-state index in [1.54, 1.807) is 0 Å². The first-order chi connectivity index (χ1) is 5.00. The normalized spacial score (nSPS) is 15.5. The predicted octanol–water partition coefficient (Wildman–Crippen LogP) is 2.87. The molecule has 3 N–H and O–H groups in total. The number of allylic oxidation sites excluding steroid dienone is 1. The standard InChI is InChI=1S/C5H7I3O3/c6-1-2(7)3(8)4(9)5(10)11/h2-3,9-11H,1H2. The molecular formula is C5H7I3O3. The summed E-state index contributed by atoms with van der Waals surface area (Å²) in [4.78, 5) is 0. The summed E-state index contributed by atoms with van der Waals surface area (Å²) < 4.78 is 0.807. The zero-order chi connectivity index (χ0) is 9.02. The van der Waals surface area contributed by atoms with Crippen LogP contribution in [0.4, 0.5) is 0 Å². The summed E-state index contributed by atoms with van der Waals surface area (Å²) in [5.41, 5.74) is 0. The van der Waals surface area contributed by atoms with Gasteiger partial charge in [0.15, 0.2) is 5.76 Å². The summed E-state index contributed by atoms with van der Waals surface area (Å²) in [6.07, 6.45) is 0. The van der Waals surface area contributed by atoms with E-state index in [0.717, 1.165) is 4.43 Å². The van der Waals surface area contributed by atoms with Gasteiger partial charge in [0.05, 0.1) is 3.92 Å². The number of hydrogen-bond acceptors (Lipinski definition) is 3. The fourth-order valence-corrected chi connectivity index (χ4v) is 2.73. The van der Waals surface area contributed by atoms with Crippen molar-refractivity contribution in [2.24, 2.45) is 0 Å². The second-order valence-electron chi connectivity index (χ2n) is 1.78. The second kappa shape index (κ2) is 5.89. The van der Waals surface area contributed by atoms with Crippen molar-refractivity contribution in [2.75, 3.05) is 4.43 Å². The first-order valence-corrected chi connectivity index (χ1v) is 6.67. The Balaban J connectivity index is 4.24. The van der Waals surface area contributed by atoms with E-state index in [4.69, 9.17) is 15.3 Å². The molecule has 0 saturated carbocycles. The molecule has 2 atom stereocenters. The second-order valence-corrected chi connectivity index (χ2v) is 5.60. The smallest absolute Gasteiger partial charge is 0.314 e. The van der Waals surface area contributed by atoms with Crippen LogP contribution in [0.3, 0.4) is 0 Å². The van der Waals surface area contributed by atoms with Gasteiger partial charge >= 0.3 is 5.95 Å². The lowest BCUT2D eigenvalue weighted by molar-refractivity contribution is 0.156. The van der Waals surface area contributed by atoms with Crippen LogP contribution in [-0.2, 0) is 0 Å². The molecule has 0 bridgehead atoms. The van der Waals surface area contributed by atoms with Crippen molar-refractivity contribution >= 4 is 67.8 Å². The Labute approximate surface area is 106 Å². The van der Waals surface area contributed by atoms with E-state index in [0.29, 0.717) is 0 Å². The zero-order valence-corrected chi connectivity index (χ0v) is 11.8. The highest BCUT2D eigenvalue weighted by Crippen LogP contribution is 2.23. The van der Waals surface area contributed by atoms with E-state index in [2.05, 4.69) is 45.2 Å². The van der Waals surface area contributed by atoms with Crippen molar-refractivity contribution in [3.8, 4) is 0 Å². The summed E-state index contributed by atoms with van der Waals surface area (Å²) in [7, 11) is 0. The maximum atomic E-state index is 9.06. The molecule has 3 nitrogen and oxygen atoms in total. The van der Waals surface area contributed by atoms with Crippen molar-refractivity contribution < 1.29 is 15.3 Å². The zero-order valence-electron chi connectivity index (χ0n) is 5.34. The molecule has 2 unspecified atom stereocenters. The van der Waals surface area contributed by atoms with Gasteiger partial charge < -0.3 is 15.3 Å². The predicted molar refractivity (Wildman–Crippen MR) is 69.4 cm³/mol. The molecule has 0 aliphatic rings. The Hall–Kier alpha value is 1.33. The lowest BCUT2D eigenvalue weighted by Gasteiger charge is -2.12. The SMILES string of the molecule is OC(O)=C(O)C(I)C(I)CI. The lowest BCUT2D eigenvalue weighted by Crippen LogP contribution is -2.18. The summed E-state index contributed by atoms with van der Waals surface area (Å²) in [5, 5.41) is 26.1. The summed E-state index contributed by atoms with van der Waals surface area (Å²) >= 11 is 6.29. The molecule has 66 valence electrons. The summed E-state index contributed by atoms with van der Waals surface area (Å²) in [6.45, 7) is 0. The van der Waals surface area contributed by atoms with Crippen LogP contribution in [0, 0.1) is 0 Å². The number of halogens is 3. The molecule has 0 saturated heterocycles. The minimum absolute atomic E-state index is 0.197. The molecule has 0 rings (SSSR count). The maximum Gasteiger partial charge on any atom is 0.314 e. The van der Waals surface area contributed by atoms with Crippen LogP contribution in [0.2, 0.25) is 0 Å². The van der Waals surface area contributed by atoms with E-state index in [9.17, 15) is 0 Å². The Morgan fingerprint density at radius 3 is 1.91 bits per heavy atom. The van der Waals surface area contributed by atoms with Gasteiger partial charge in [0.2, 0.25) is 0 Å². The van der Waals surface area contributed by atoms with Gasteiger partial charge in [0.25, 0.3) is 0 Å². The third-order valence-electron chi connectivity index (χ3n) is 0.955. The van der Waals surface area contributed by atoms with E-state index >= 15 is 0 Å². The van der Waals surface area contributed by atoms with Crippen molar-refractivity contribution in [3.05, 3.63) is 11.7 Å². The van der Waals surface area contributed by atoms with Gasteiger partial charge in [-0.1, -0.05) is 67.8 Å². The van der Waals surface area contributed by atoms with E-state index < -0.39 is 5.95 Å². The highest BCUT2D eigenvalue weighted by Gasteiger charge is 2.21. The van der Waals surface area contributed by atoms with Crippen molar-refractivity contribution in [1.29, 1.82) is 0 Å². The number of rotatable bonds is 3. The van der Waals surface area contributed by atoms with Gasteiger partial charge in [0, 0.05) is 8.35 Å². The first-order valence-electron chi connectivity index (χ1n) is 2.65. The van der Waals surface area contributed by atoms with Crippen LogP contribution in [-0.4, -0.2) is 27.6 Å². The van der Waals surface area contributed by atoms with Gasteiger partial charge in [-0.15, -0.1) is 0 Å². The molecule has 0 radical (unpaired) electrons. The van der Waals surface area contributed by atoms with Crippen LogP contribution in [0.15, 0.2) is 11.7 Å². The lowest BCUT2D eigenvalue weighted by atomic mass is 10.3. The van der Waals surface area contributed by atoms with Crippen molar-refractivity contribution in [3.63, 3.8) is 0 Å². The Kier molecular flexibility index (Phi) is 6.60. The topological polar surface area (TPSA) is 60.7 Å². The molecule has 0 aromatic rings.